The van der Waals surface area contributed by atoms with E-state index in [0.717, 1.165) is 10.7 Å². The summed E-state index contributed by atoms with van der Waals surface area (Å²) < 4.78 is 13.2. The Hall–Kier alpha value is -1.46. The fraction of sp³-hybridized carbons (Fsp3) is 0.444. The van der Waals surface area contributed by atoms with Crippen molar-refractivity contribution >= 4 is 28.8 Å². The highest BCUT2D eigenvalue weighted by molar-refractivity contribution is 7.09. The number of rotatable bonds is 4. The maximum Gasteiger partial charge on any atom is 0.226 e. The van der Waals surface area contributed by atoms with Gasteiger partial charge in [0.1, 0.15) is 5.82 Å². The molecule has 1 N–H and O–H groups in total. The lowest BCUT2D eigenvalue weighted by Crippen LogP contribution is -2.42. The Morgan fingerprint density at radius 1 is 1.29 bits per heavy atom. The minimum absolute atomic E-state index is 0.0275. The van der Waals surface area contributed by atoms with Crippen LogP contribution >= 0.6 is 22.9 Å². The second-order valence-electron chi connectivity index (χ2n) is 7.37. The van der Waals surface area contributed by atoms with Crippen LogP contribution in [0.25, 0.3) is 0 Å². The molecule has 24 heavy (non-hydrogen) atoms. The van der Waals surface area contributed by atoms with Crippen LogP contribution in [-0.4, -0.2) is 10.9 Å². The van der Waals surface area contributed by atoms with Gasteiger partial charge in [0.2, 0.25) is 5.91 Å². The summed E-state index contributed by atoms with van der Waals surface area (Å²) in [6, 6.07) is 4.19. The largest absolute Gasteiger partial charge is 0.347 e. The van der Waals surface area contributed by atoms with Gasteiger partial charge in [-0.2, -0.15) is 0 Å². The minimum Gasteiger partial charge on any atom is -0.347 e. The van der Waals surface area contributed by atoms with Gasteiger partial charge in [-0.25, -0.2) is 9.37 Å². The molecule has 1 aromatic heterocycles. The van der Waals surface area contributed by atoms with E-state index in [1.54, 1.807) is 17.4 Å². The van der Waals surface area contributed by atoms with Crippen molar-refractivity contribution in [3.63, 3.8) is 0 Å². The maximum atomic E-state index is 13.2. The average molecular weight is 369 g/mol. The van der Waals surface area contributed by atoms with Crippen molar-refractivity contribution in [2.24, 2.45) is 0 Å². The fourth-order valence-electron chi connectivity index (χ4n) is 2.35. The lowest BCUT2D eigenvalue weighted by Gasteiger charge is -2.28. The number of carbonyl (C=O) groups excluding carboxylic acids is 1. The van der Waals surface area contributed by atoms with Crippen LogP contribution in [0.15, 0.2) is 23.6 Å². The lowest BCUT2D eigenvalue weighted by atomic mass is 9.94. The number of benzene rings is 1. The predicted molar refractivity (Wildman–Crippen MR) is 97.1 cm³/mol. The van der Waals surface area contributed by atoms with Gasteiger partial charge >= 0.3 is 0 Å². The Kier molecular flexibility index (Phi) is 5.35. The number of amides is 1. The zero-order valence-corrected chi connectivity index (χ0v) is 16.1. The monoisotopic (exact) mass is 368 g/mol. The highest BCUT2D eigenvalue weighted by Gasteiger charge is 2.26. The maximum absolute atomic E-state index is 13.2. The van der Waals surface area contributed by atoms with Crippen LogP contribution in [-0.2, 0) is 22.2 Å². The normalized spacial score (nSPS) is 12.3. The van der Waals surface area contributed by atoms with E-state index in [0.29, 0.717) is 10.6 Å². The molecule has 0 spiro atoms. The van der Waals surface area contributed by atoms with Gasteiger partial charge in [-0.05, 0) is 31.5 Å². The van der Waals surface area contributed by atoms with Crippen molar-refractivity contribution in [1.82, 2.24) is 10.3 Å². The minimum atomic E-state index is -0.704. The summed E-state index contributed by atoms with van der Waals surface area (Å²) in [4.78, 5) is 16.9. The van der Waals surface area contributed by atoms with Gasteiger partial charge in [-0.1, -0.05) is 38.4 Å². The van der Waals surface area contributed by atoms with Gasteiger partial charge in [0, 0.05) is 15.8 Å². The highest BCUT2D eigenvalue weighted by atomic mass is 35.5. The van der Waals surface area contributed by atoms with Gasteiger partial charge in [0.05, 0.1) is 22.7 Å². The van der Waals surface area contributed by atoms with Crippen LogP contribution in [0.1, 0.15) is 50.9 Å². The Labute approximate surface area is 151 Å². The van der Waals surface area contributed by atoms with Crippen LogP contribution in [0.5, 0.6) is 0 Å². The Bertz CT molecular complexity index is 750. The van der Waals surface area contributed by atoms with E-state index in [2.05, 4.69) is 31.1 Å². The molecule has 130 valence electrons. The SMILES string of the molecule is CC(C)(C)c1nc(CC(=O)NC(C)(C)c2ccc(F)cc2Cl)cs1. The number of nitrogens with one attached hydrogen (secondary N) is 1. The first-order valence-electron chi connectivity index (χ1n) is 7.70. The molecule has 0 unspecified atom stereocenters. The summed E-state index contributed by atoms with van der Waals surface area (Å²) in [5.74, 6) is -0.547. The molecule has 1 amide bonds. The highest BCUT2D eigenvalue weighted by Crippen LogP contribution is 2.29. The van der Waals surface area contributed by atoms with E-state index >= 15 is 0 Å². The third-order valence-corrected chi connectivity index (χ3v) is 5.22. The standard InChI is InChI=1S/C18H22ClFN2OS/c1-17(2,3)16-21-12(10-24-16)9-15(23)22-18(4,5)13-7-6-11(20)8-14(13)19/h6-8,10H,9H2,1-5H3,(H,22,23). The Balaban J connectivity index is 2.09. The molecule has 3 nitrogen and oxygen atoms in total. The Morgan fingerprint density at radius 2 is 1.96 bits per heavy atom. The van der Waals surface area contributed by atoms with Crippen LogP contribution in [0.2, 0.25) is 5.02 Å². The molecule has 0 saturated carbocycles. The van der Waals surface area contributed by atoms with Crippen molar-refractivity contribution in [3.8, 4) is 0 Å². The molecule has 2 rings (SSSR count). The van der Waals surface area contributed by atoms with Crippen molar-refractivity contribution in [3.05, 3.63) is 50.7 Å². The van der Waals surface area contributed by atoms with Gasteiger partial charge in [0.15, 0.2) is 0 Å². The molecule has 0 bridgehead atoms. The molecule has 0 radical (unpaired) electrons. The molecule has 0 saturated heterocycles. The van der Waals surface area contributed by atoms with Crippen LogP contribution in [0.3, 0.4) is 0 Å². The predicted octanol–water partition coefficient (Wildman–Crippen LogP) is 4.83. The third-order valence-electron chi connectivity index (χ3n) is 3.59. The van der Waals surface area contributed by atoms with E-state index < -0.39 is 11.4 Å². The Morgan fingerprint density at radius 3 is 2.50 bits per heavy atom. The van der Waals surface area contributed by atoms with Crippen LogP contribution in [0, 0.1) is 5.82 Å². The summed E-state index contributed by atoms with van der Waals surface area (Å²) in [5.41, 5.74) is 0.696. The number of thiazole rings is 1. The molecule has 1 heterocycles. The molecule has 0 aliphatic carbocycles. The van der Waals surface area contributed by atoms with Crippen molar-refractivity contribution in [2.75, 3.05) is 0 Å². The number of hydrogen-bond acceptors (Lipinski definition) is 3. The summed E-state index contributed by atoms with van der Waals surface area (Å²) in [7, 11) is 0. The number of halogens is 2. The molecule has 0 atom stereocenters. The van der Waals surface area contributed by atoms with Gasteiger partial charge in [-0.3, -0.25) is 4.79 Å². The van der Waals surface area contributed by atoms with E-state index in [4.69, 9.17) is 11.6 Å². The summed E-state index contributed by atoms with van der Waals surface area (Å²) in [6.07, 6.45) is 0.203. The molecule has 1 aromatic carbocycles. The topological polar surface area (TPSA) is 42.0 Å². The quantitative estimate of drug-likeness (QED) is 0.840. The third kappa shape index (κ3) is 4.54. The van der Waals surface area contributed by atoms with Gasteiger partial charge in [0.25, 0.3) is 0 Å². The summed E-state index contributed by atoms with van der Waals surface area (Å²) >= 11 is 7.67. The second-order valence-corrected chi connectivity index (χ2v) is 8.63. The van der Waals surface area contributed by atoms with Gasteiger partial charge < -0.3 is 5.32 Å². The first-order chi connectivity index (χ1) is 11.0. The zero-order chi connectivity index (χ0) is 18.1. The number of hydrogen-bond donors (Lipinski definition) is 1. The molecule has 0 aliphatic rings. The van der Waals surface area contributed by atoms with E-state index in [9.17, 15) is 9.18 Å². The number of nitrogens with zero attached hydrogens (tertiary/aromatic N) is 1. The van der Waals surface area contributed by atoms with Crippen LogP contribution in [0.4, 0.5) is 4.39 Å². The zero-order valence-electron chi connectivity index (χ0n) is 14.5. The molecule has 0 fully saturated rings. The van der Waals surface area contributed by atoms with Crippen LogP contribution < -0.4 is 5.32 Å². The second kappa shape index (κ2) is 6.81. The number of carbonyl (C=O) groups is 1. The molecule has 0 aliphatic heterocycles. The summed E-state index contributed by atoms with van der Waals surface area (Å²) in [6.45, 7) is 9.96. The van der Waals surface area contributed by atoms with E-state index in [1.807, 2.05) is 19.2 Å². The molecule has 2 aromatic rings. The van der Waals surface area contributed by atoms with Crippen molar-refractivity contribution in [2.45, 2.75) is 52.0 Å². The average Bonchev–Trinajstić information content (AvgIpc) is 2.85. The summed E-state index contributed by atoms with van der Waals surface area (Å²) in [5, 5.41) is 6.16. The first-order valence-corrected chi connectivity index (χ1v) is 8.96. The van der Waals surface area contributed by atoms with Crippen molar-refractivity contribution < 1.29 is 9.18 Å². The molecular formula is C18H22ClFN2OS. The molecule has 6 heteroatoms. The van der Waals surface area contributed by atoms with Gasteiger partial charge in [-0.15, -0.1) is 11.3 Å². The smallest absolute Gasteiger partial charge is 0.226 e. The molecular weight excluding hydrogens is 347 g/mol. The van der Waals surface area contributed by atoms with E-state index in [-0.39, 0.29) is 17.7 Å². The lowest BCUT2D eigenvalue weighted by molar-refractivity contribution is -0.122. The van der Waals surface area contributed by atoms with E-state index in [1.165, 1.54) is 12.1 Å². The fourth-order valence-corrected chi connectivity index (χ4v) is 3.66. The first kappa shape index (κ1) is 18.9. The number of aromatic nitrogens is 1. The van der Waals surface area contributed by atoms with Crippen molar-refractivity contribution in [1.29, 1.82) is 0 Å².